The van der Waals surface area contributed by atoms with Crippen LogP contribution in [0.15, 0.2) is 36.4 Å². The predicted octanol–water partition coefficient (Wildman–Crippen LogP) is 1.54. The lowest BCUT2D eigenvalue weighted by Gasteiger charge is -2.40. The van der Waals surface area contributed by atoms with Crippen molar-refractivity contribution in [1.82, 2.24) is 0 Å². The second kappa shape index (κ2) is 9.01. The number of rotatable bonds is 6. The van der Waals surface area contributed by atoms with E-state index in [0.717, 1.165) is 11.1 Å². The molecule has 2 aromatic rings. The molecule has 0 aromatic heterocycles. The standard InChI is InChI=1S/C22H26O8/c1-11-18(23)19(24)20(25)21(30-11)15-9-14(16(28-2)10-17(15)29-3)8-12-4-6-13(7-5-12)22(26)27/h4-7,9-11,18-21,23-25H,8H2,1-3H3,(H,26,27)/t11-,18+,19+,20-,21+/m0/s1. The summed E-state index contributed by atoms with van der Waals surface area (Å²) in [6, 6.07) is 9.95. The van der Waals surface area contributed by atoms with Crippen LogP contribution in [0.1, 0.15) is 40.1 Å². The summed E-state index contributed by atoms with van der Waals surface area (Å²) in [5.74, 6) is -0.0299. The summed E-state index contributed by atoms with van der Waals surface area (Å²) in [6.07, 6.45) is -5.07. The molecule has 0 bridgehead atoms. The van der Waals surface area contributed by atoms with Crippen LogP contribution in [0.3, 0.4) is 0 Å². The molecule has 8 nitrogen and oxygen atoms in total. The van der Waals surface area contributed by atoms with Crippen molar-refractivity contribution in [1.29, 1.82) is 0 Å². The lowest BCUT2D eigenvalue weighted by molar-refractivity contribution is -0.219. The molecule has 0 amide bonds. The van der Waals surface area contributed by atoms with Crippen LogP contribution >= 0.6 is 0 Å². The Kier molecular flexibility index (Phi) is 6.62. The Morgan fingerprint density at radius 3 is 2.17 bits per heavy atom. The van der Waals surface area contributed by atoms with Crippen LogP contribution in [0.5, 0.6) is 11.5 Å². The van der Waals surface area contributed by atoms with Crippen molar-refractivity contribution in [2.75, 3.05) is 14.2 Å². The van der Waals surface area contributed by atoms with E-state index in [0.29, 0.717) is 23.5 Å². The lowest BCUT2D eigenvalue weighted by atomic mass is 9.89. The zero-order chi connectivity index (χ0) is 22.0. The third-order valence-electron chi connectivity index (χ3n) is 5.39. The molecule has 0 unspecified atom stereocenters. The van der Waals surface area contributed by atoms with Crippen LogP contribution in [0.25, 0.3) is 0 Å². The number of carboxylic acid groups (broad SMARTS) is 1. The fourth-order valence-electron chi connectivity index (χ4n) is 3.65. The summed E-state index contributed by atoms with van der Waals surface area (Å²) in [5, 5.41) is 39.7. The number of benzene rings is 2. The second-order valence-electron chi connectivity index (χ2n) is 7.32. The van der Waals surface area contributed by atoms with E-state index in [2.05, 4.69) is 0 Å². The highest BCUT2D eigenvalue weighted by Crippen LogP contribution is 2.40. The molecule has 5 atom stereocenters. The van der Waals surface area contributed by atoms with E-state index in [1.807, 2.05) is 0 Å². The highest BCUT2D eigenvalue weighted by Gasteiger charge is 2.43. The number of carbonyl (C=O) groups is 1. The van der Waals surface area contributed by atoms with Gasteiger partial charge in [-0.2, -0.15) is 0 Å². The maximum Gasteiger partial charge on any atom is 0.335 e. The van der Waals surface area contributed by atoms with E-state index in [4.69, 9.17) is 19.3 Å². The predicted molar refractivity (Wildman–Crippen MR) is 107 cm³/mol. The van der Waals surface area contributed by atoms with Gasteiger partial charge in [0.15, 0.2) is 0 Å². The minimum atomic E-state index is -1.36. The van der Waals surface area contributed by atoms with Crippen molar-refractivity contribution < 1.29 is 39.4 Å². The van der Waals surface area contributed by atoms with E-state index in [-0.39, 0.29) is 5.56 Å². The molecular formula is C22H26O8. The number of aliphatic hydroxyl groups excluding tert-OH is 3. The molecule has 0 radical (unpaired) electrons. The van der Waals surface area contributed by atoms with Gasteiger partial charge in [-0.15, -0.1) is 0 Å². The molecule has 1 aliphatic rings. The number of hydrogen-bond acceptors (Lipinski definition) is 7. The number of aliphatic hydroxyl groups is 3. The van der Waals surface area contributed by atoms with Crippen LogP contribution in [-0.4, -0.2) is 65.0 Å². The van der Waals surface area contributed by atoms with Gasteiger partial charge >= 0.3 is 5.97 Å². The molecule has 1 fully saturated rings. The van der Waals surface area contributed by atoms with Gasteiger partial charge in [-0.1, -0.05) is 12.1 Å². The monoisotopic (exact) mass is 418 g/mol. The highest BCUT2D eigenvalue weighted by molar-refractivity contribution is 5.87. The summed E-state index contributed by atoms with van der Waals surface area (Å²) in [6.45, 7) is 1.62. The van der Waals surface area contributed by atoms with E-state index >= 15 is 0 Å². The first kappa shape index (κ1) is 22.0. The molecule has 30 heavy (non-hydrogen) atoms. The molecule has 0 spiro atoms. The Labute approximate surface area is 174 Å². The van der Waals surface area contributed by atoms with Gasteiger partial charge in [0.05, 0.1) is 25.9 Å². The maximum absolute atomic E-state index is 11.1. The topological polar surface area (TPSA) is 126 Å². The third kappa shape index (κ3) is 4.27. The van der Waals surface area contributed by atoms with Crippen LogP contribution in [0, 0.1) is 0 Å². The zero-order valence-electron chi connectivity index (χ0n) is 17.0. The van der Waals surface area contributed by atoms with E-state index in [1.54, 1.807) is 31.2 Å². The molecule has 1 saturated heterocycles. The van der Waals surface area contributed by atoms with Crippen molar-refractivity contribution in [3.63, 3.8) is 0 Å². The van der Waals surface area contributed by atoms with Gasteiger partial charge in [0.1, 0.15) is 35.9 Å². The molecule has 0 aliphatic carbocycles. The van der Waals surface area contributed by atoms with Gasteiger partial charge in [0, 0.05) is 18.1 Å². The van der Waals surface area contributed by atoms with Crippen LogP contribution in [0.2, 0.25) is 0 Å². The van der Waals surface area contributed by atoms with E-state index < -0.39 is 36.5 Å². The average molecular weight is 418 g/mol. The van der Waals surface area contributed by atoms with Gasteiger partial charge in [0.2, 0.25) is 0 Å². The fraction of sp³-hybridized carbons (Fsp3) is 0.409. The zero-order valence-corrected chi connectivity index (χ0v) is 17.0. The lowest BCUT2D eigenvalue weighted by Crippen LogP contribution is -2.53. The first-order chi connectivity index (χ1) is 14.3. The quantitative estimate of drug-likeness (QED) is 0.557. The minimum absolute atomic E-state index is 0.196. The Balaban J connectivity index is 1.99. The van der Waals surface area contributed by atoms with Gasteiger partial charge in [-0.25, -0.2) is 4.79 Å². The minimum Gasteiger partial charge on any atom is -0.496 e. The van der Waals surface area contributed by atoms with Crippen LogP contribution < -0.4 is 9.47 Å². The summed E-state index contributed by atoms with van der Waals surface area (Å²) < 4.78 is 16.7. The Morgan fingerprint density at radius 2 is 1.60 bits per heavy atom. The first-order valence-electron chi connectivity index (χ1n) is 9.53. The molecular weight excluding hydrogens is 392 g/mol. The van der Waals surface area contributed by atoms with Crippen molar-refractivity contribution in [3.05, 3.63) is 58.7 Å². The van der Waals surface area contributed by atoms with Gasteiger partial charge < -0.3 is 34.6 Å². The van der Waals surface area contributed by atoms with E-state index in [9.17, 15) is 20.1 Å². The molecule has 1 aliphatic heterocycles. The van der Waals surface area contributed by atoms with Crippen molar-refractivity contribution in [2.45, 2.75) is 43.9 Å². The van der Waals surface area contributed by atoms with Crippen LogP contribution in [0.4, 0.5) is 0 Å². The number of methoxy groups -OCH3 is 2. The number of aromatic carboxylic acids is 1. The number of carboxylic acids is 1. The first-order valence-corrected chi connectivity index (χ1v) is 9.53. The Hall–Kier alpha value is -2.65. The van der Waals surface area contributed by atoms with Crippen molar-refractivity contribution in [3.8, 4) is 11.5 Å². The Bertz CT molecular complexity index is 895. The summed E-state index contributed by atoms with van der Waals surface area (Å²) in [7, 11) is 3.01. The Morgan fingerprint density at radius 1 is 0.967 bits per heavy atom. The number of hydrogen-bond donors (Lipinski definition) is 4. The SMILES string of the molecule is COc1cc(OC)c([C@H]2O[C@@H](C)[C@@H](O)[C@@H](O)[C@@H]2O)cc1Cc1ccc(C(=O)O)cc1. The normalized spacial score (nSPS) is 26.3. The van der Waals surface area contributed by atoms with Gasteiger partial charge in [0.25, 0.3) is 0 Å². The van der Waals surface area contributed by atoms with Crippen molar-refractivity contribution >= 4 is 5.97 Å². The maximum atomic E-state index is 11.1. The molecule has 3 rings (SSSR count). The smallest absolute Gasteiger partial charge is 0.335 e. The summed E-state index contributed by atoms with van der Waals surface area (Å²) >= 11 is 0. The number of ether oxygens (including phenoxy) is 3. The third-order valence-corrected chi connectivity index (χ3v) is 5.39. The summed E-state index contributed by atoms with van der Waals surface area (Å²) in [4.78, 5) is 11.1. The average Bonchev–Trinajstić information content (AvgIpc) is 2.75. The van der Waals surface area contributed by atoms with Crippen molar-refractivity contribution in [2.24, 2.45) is 0 Å². The van der Waals surface area contributed by atoms with E-state index in [1.165, 1.54) is 26.4 Å². The van der Waals surface area contributed by atoms with Gasteiger partial charge in [-0.05, 0) is 36.2 Å². The molecule has 162 valence electrons. The molecule has 2 aromatic carbocycles. The largest absolute Gasteiger partial charge is 0.496 e. The highest BCUT2D eigenvalue weighted by atomic mass is 16.5. The molecule has 1 heterocycles. The molecule has 4 N–H and O–H groups in total. The fourth-order valence-corrected chi connectivity index (χ4v) is 3.65. The van der Waals surface area contributed by atoms with Gasteiger partial charge in [-0.3, -0.25) is 0 Å². The second-order valence-corrected chi connectivity index (χ2v) is 7.32. The molecule has 8 heteroatoms. The summed E-state index contributed by atoms with van der Waals surface area (Å²) in [5.41, 5.74) is 2.34. The molecule has 0 saturated carbocycles. The van der Waals surface area contributed by atoms with Crippen LogP contribution in [-0.2, 0) is 11.2 Å².